The summed E-state index contributed by atoms with van der Waals surface area (Å²) >= 11 is 0. The molecule has 0 radical (unpaired) electrons. The van der Waals surface area contributed by atoms with Crippen molar-refractivity contribution in [1.82, 2.24) is 19.7 Å². The van der Waals surface area contributed by atoms with Crippen LogP contribution in [0.4, 0.5) is 24.8 Å². The van der Waals surface area contributed by atoms with E-state index in [0.29, 0.717) is 11.4 Å². The number of ether oxygens (including phenoxy) is 1. The van der Waals surface area contributed by atoms with Crippen LogP contribution < -0.4 is 10.1 Å². The quantitative estimate of drug-likeness (QED) is 0.799. The van der Waals surface area contributed by atoms with Crippen LogP contribution in [0.25, 0.3) is 5.69 Å². The molecular weight excluding hydrogens is 311 g/mol. The number of pyridine rings is 1. The Kier molecular flexibility index (Phi) is 3.83. The molecule has 2 heterocycles. The first-order valence-corrected chi connectivity index (χ1v) is 6.44. The Morgan fingerprint density at radius 2 is 2.00 bits per heavy atom. The van der Waals surface area contributed by atoms with Crippen LogP contribution in [0.5, 0.6) is 5.75 Å². The summed E-state index contributed by atoms with van der Waals surface area (Å²) < 4.78 is 42.0. The highest BCUT2D eigenvalue weighted by Gasteiger charge is 2.31. The summed E-state index contributed by atoms with van der Waals surface area (Å²) in [5.41, 5.74) is 1.08. The molecule has 6 nitrogen and oxygen atoms in total. The molecule has 0 saturated heterocycles. The fourth-order valence-corrected chi connectivity index (χ4v) is 1.83. The Morgan fingerprint density at radius 3 is 2.74 bits per heavy atom. The molecule has 0 fully saturated rings. The van der Waals surface area contributed by atoms with E-state index in [4.69, 9.17) is 0 Å². The lowest BCUT2D eigenvalue weighted by molar-refractivity contribution is -0.274. The third-order valence-corrected chi connectivity index (χ3v) is 2.73. The maximum atomic E-state index is 12.2. The number of nitrogens with one attached hydrogen (secondary N) is 1. The maximum absolute atomic E-state index is 12.2. The minimum Gasteiger partial charge on any atom is -0.406 e. The highest BCUT2D eigenvalue weighted by Crippen LogP contribution is 2.26. The zero-order valence-electron chi connectivity index (χ0n) is 11.5. The maximum Gasteiger partial charge on any atom is 0.573 e. The third-order valence-electron chi connectivity index (χ3n) is 2.73. The Labute approximate surface area is 128 Å². The molecule has 1 aromatic carbocycles. The first-order chi connectivity index (χ1) is 11.0. The molecule has 0 unspecified atom stereocenters. The zero-order chi connectivity index (χ0) is 16.3. The summed E-state index contributed by atoms with van der Waals surface area (Å²) in [4.78, 5) is 8.01. The van der Waals surface area contributed by atoms with Crippen molar-refractivity contribution < 1.29 is 17.9 Å². The van der Waals surface area contributed by atoms with Gasteiger partial charge in [0.05, 0.1) is 11.9 Å². The van der Waals surface area contributed by atoms with Crippen LogP contribution in [0.2, 0.25) is 0 Å². The molecule has 0 atom stereocenters. The molecule has 0 bridgehead atoms. The smallest absolute Gasteiger partial charge is 0.406 e. The van der Waals surface area contributed by atoms with E-state index in [1.54, 1.807) is 30.6 Å². The number of halogens is 3. The molecule has 0 spiro atoms. The van der Waals surface area contributed by atoms with Gasteiger partial charge in [-0.25, -0.2) is 4.68 Å². The van der Waals surface area contributed by atoms with E-state index < -0.39 is 6.36 Å². The van der Waals surface area contributed by atoms with E-state index in [0.717, 1.165) is 0 Å². The van der Waals surface area contributed by atoms with E-state index in [9.17, 15) is 13.2 Å². The van der Waals surface area contributed by atoms with Gasteiger partial charge in [0, 0.05) is 18.0 Å². The zero-order valence-corrected chi connectivity index (χ0v) is 11.5. The third kappa shape index (κ3) is 3.96. The predicted octanol–water partition coefficient (Wildman–Crippen LogP) is 3.30. The number of benzene rings is 1. The molecule has 0 aliphatic rings. The van der Waals surface area contributed by atoms with Crippen molar-refractivity contribution >= 4 is 11.6 Å². The number of anilines is 2. The van der Waals surface area contributed by atoms with Crippen LogP contribution >= 0.6 is 0 Å². The number of alkyl halides is 3. The molecule has 0 aliphatic heterocycles. The minimum atomic E-state index is -4.74. The molecule has 23 heavy (non-hydrogen) atoms. The fourth-order valence-electron chi connectivity index (χ4n) is 1.83. The van der Waals surface area contributed by atoms with Crippen molar-refractivity contribution in [3.63, 3.8) is 0 Å². The minimum absolute atomic E-state index is 0.234. The van der Waals surface area contributed by atoms with Crippen molar-refractivity contribution in [3.05, 3.63) is 55.1 Å². The SMILES string of the molecule is FC(F)(F)Oc1cccc(Nc2ncn(-c3cccnc3)n2)c1. The van der Waals surface area contributed by atoms with Crippen molar-refractivity contribution in [3.8, 4) is 11.4 Å². The second kappa shape index (κ2) is 5.95. The Balaban J connectivity index is 1.75. The second-order valence-electron chi connectivity index (χ2n) is 4.42. The van der Waals surface area contributed by atoms with Gasteiger partial charge >= 0.3 is 6.36 Å². The normalized spacial score (nSPS) is 11.3. The molecule has 118 valence electrons. The van der Waals surface area contributed by atoms with Gasteiger partial charge < -0.3 is 10.1 Å². The first-order valence-electron chi connectivity index (χ1n) is 6.44. The van der Waals surface area contributed by atoms with Crippen LogP contribution in [0, 0.1) is 0 Å². The monoisotopic (exact) mass is 321 g/mol. The number of nitrogens with zero attached hydrogens (tertiary/aromatic N) is 4. The molecule has 2 aromatic heterocycles. The van der Waals surface area contributed by atoms with Gasteiger partial charge in [0.15, 0.2) is 0 Å². The summed E-state index contributed by atoms with van der Waals surface area (Å²) in [5, 5.41) is 6.98. The second-order valence-corrected chi connectivity index (χ2v) is 4.42. The Morgan fingerprint density at radius 1 is 1.13 bits per heavy atom. The lowest BCUT2D eigenvalue weighted by Crippen LogP contribution is -2.17. The molecule has 0 aliphatic carbocycles. The summed E-state index contributed by atoms with van der Waals surface area (Å²) in [6.45, 7) is 0. The summed E-state index contributed by atoms with van der Waals surface area (Å²) in [5.74, 6) is -0.0906. The van der Waals surface area contributed by atoms with E-state index in [1.807, 2.05) is 0 Å². The fraction of sp³-hybridized carbons (Fsp3) is 0.0714. The molecule has 0 saturated carbocycles. The lowest BCUT2D eigenvalue weighted by Gasteiger charge is -2.10. The Bertz CT molecular complexity index is 788. The largest absolute Gasteiger partial charge is 0.573 e. The lowest BCUT2D eigenvalue weighted by atomic mass is 10.3. The van der Waals surface area contributed by atoms with E-state index in [1.165, 1.54) is 29.2 Å². The number of hydrogen-bond acceptors (Lipinski definition) is 5. The van der Waals surface area contributed by atoms with Gasteiger partial charge in [0.1, 0.15) is 12.1 Å². The average Bonchev–Trinajstić information content (AvgIpc) is 2.95. The van der Waals surface area contributed by atoms with Crippen LogP contribution in [-0.2, 0) is 0 Å². The van der Waals surface area contributed by atoms with Crippen LogP contribution in [0.15, 0.2) is 55.1 Å². The van der Waals surface area contributed by atoms with Gasteiger partial charge in [0.2, 0.25) is 5.95 Å². The average molecular weight is 321 g/mol. The van der Waals surface area contributed by atoms with Gasteiger partial charge in [-0.1, -0.05) is 6.07 Å². The summed E-state index contributed by atoms with van der Waals surface area (Å²) in [6, 6.07) is 8.97. The van der Waals surface area contributed by atoms with Crippen molar-refractivity contribution in [2.24, 2.45) is 0 Å². The van der Waals surface area contributed by atoms with E-state index in [-0.39, 0.29) is 11.7 Å². The molecule has 9 heteroatoms. The molecule has 3 aromatic rings. The van der Waals surface area contributed by atoms with Gasteiger partial charge in [-0.15, -0.1) is 18.3 Å². The predicted molar refractivity (Wildman–Crippen MR) is 75.6 cm³/mol. The molecular formula is C14H10F3N5O. The molecule has 1 N–H and O–H groups in total. The number of hydrogen-bond donors (Lipinski definition) is 1. The Hall–Kier alpha value is -3.10. The van der Waals surface area contributed by atoms with E-state index in [2.05, 4.69) is 25.1 Å². The standard InChI is InChI=1S/C14H10F3N5O/c15-14(16,17)23-12-5-1-3-10(7-12)20-13-19-9-22(21-13)11-4-2-6-18-8-11/h1-9H,(H,20,21). The summed E-state index contributed by atoms with van der Waals surface area (Å²) in [7, 11) is 0. The highest BCUT2D eigenvalue weighted by atomic mass is 19.4. The van der Waals surface area contributed by atoms with Crippen LogP contribution in [0.3, 0.4) is 0 Å². The first kappa shape index (κ1) is 14.8. The van der Waals surface area contributed by atoms with Gasteiger partial charge in [0.25, 0.3) is 0 Å². The van der Waals surface area contributed by atoms with Crippen LogP contribution in [-0.4, -0.2) is 26.1 Å². The molecule has 3 rings (SSSR count). The van der Waals surface area contributed by atoms with Crippen molar-refractivity contribution in [1.29, 1.82) is 0 Å². The topological polar surface area (TPSA) is 64.9 Å². The molecule has 0 amide bonds. The highest BCUT2D eigenvalue weighted by molar-refractivity contribution is 5.55. The van der Waals surface area contributed by atoms with Gasteiger partial charge in [-0.05, 0) is 24.3 Å². The van der Waals surface area contributed by atoms with E-state index >= 15 is 0 Å². The summed E-state index contributed by atoms with van der Waals surface area (Å²) in [6.07, 6.45) is -0.0316. The van der Waals surface area contributed by atoms with Gasteiger partial charge in [-0.3, -0.25) is 4.98 Å². The number of rotatable bonds is 4. The van der Waals surface area contributed by atoms with Crippen LogP contribution in [0.1, 0.15) is 0 Å². The van der Waals surface area contributed by atoms with Crippen molar-refractivity contribution in [2.45, 2.75) is 6.36 Å². The van der Waals surface area contributed by atoms with Gasteiger partial charge in [-0.2, -0.15) is 4.98 Å². The van der Waals surface area contributed by atoms with Crippen molar-refractivity contribution in [2.75, 3.05) is 5.32 Å². The number of aromatic nitrogens is 4.